The molecule has 0 fully saturated rings. The number of aromatic nitrogens is 3. The van der Waals surface area contributed by atoms with Crippen LogP contribution < -0.4 is 0 Å². The van der Waals surface area contributed by atoms with Crippen molar-refractivity contribution in [1.29, 1.82) is 0 Å². The fraction of sp³-hybridized carbons (Fsp3) is 0. The molecule has 0 saturated heterocycles. The van der Waals surface area contributed by atoms with Crippen molar-refractivity contribution in [2.75, 3.05) is 0 Å². The van der Waals surface area contributed by atoms with Gasteiger partial charge in [0.25, 0.3) is 0 Å². The Morgan fingerprint density at radius 1 is 0.200 bits per heavy atom. The number of hydrogen-bond donors (Lipinski definition) is 0. The molecule has 0 N–H and O–H groups in total. The third-order valence-electron chi connectivity index (χ3n) is 15.7. The third kappa shape index (κ3) is 11.3. The van der Waals surface area contributed by atoms with Gasteiger partial charge in [0.15, 0.2) is 0 Å². The molecular weight excluding hydrogens is 1210 g/mol. The van der Waals surface area contributed by atoms with Crippen molar-refractivity contribution >= 4 is 0 Å². The first kappa shape index (κ1) is 53.8. The van der Waals surface area contributed by atoms with Crippen LogP contribution in [0.5, 0.6) is 0 Å². The van der Waals surface area contributed by atoms with Gasteiger partial charge in [-0.2, -0.15) is 0 Å². The molecule has 3 aromatic heterocycles. The van der Waals surface area contributed by atoms with Crippen molar-refractivity contribution < 1.29 is 20.1 Å². The summed E-state index contributed by atoms with van der Waals surface area (Å²) in [6, 6.07) is 115. The summed E-state index contributed by atoms with van der Waals surface area (Å²) in [4.78, 5) is 15.3. The van der Waals surface area contributed by atoms with Gasteiger partial charge in [0.2, 0.25) is 0 Å². The van der Waals surface area contributed by atoms with Gasteiger partial charge in [0, 0.05) is 24.2 Å². The molecule has 4 heteroatoms. The maximum absolute atomic E-state index is 5.37. The van der Waals surface area contributed by atoms with E-state index >= 15 is 0 Å². The predicted molar refractivity (Wildman–Crippen MR) is 347 cm³/mol. The Labute approximate surface area is 510 Å². The van der Waals surface area contributed by atoms with Crippen LogP contribution >= 0.6 is 0 Å². The first-order valence-corrected chi connectivity index (χ1v) is 28.3. The second-order valence-electron chi connectivity index (χ2n) is 20.8. The maximum Gasteiger partial charge on any atom is 3.00 e. The van der Waals surface area contributed by atoms with Gasteiger partial charge in [-0.3, -0.25) is 0 Å². The summed E-state index contributed by atoms with van der Waals surface area (Å²) >= 11 is 0. The van der Waals surface area contributed by atoms with E-state index in [1.807, 2.05) is 60.9 Å². The fourth-order valence-corrected chi connectivity index (χ4v) is 11.4. The van der Waals surface area contributed by atoms with Crippen molar-refractivity contribution in [3.8, 4) is 145 Å². The average molecular weight is 1260 g/mol. The summed E-state index contributed by atoms with van der Waals surface area (Å²) in [7, 11) is 0. The van der Waals surface area contributed by atoms with Crippen LogP contribution in [-0.2, 0) is 20.1 Å². The second kappa shape index (κ2) is 24.5. The van der Waals surface area contributed by atoms with E-state index in [4.69, 9.17) is 15.0 Å². The Balaban J connectivity index is 0.00000672. The molecule has 0 spiro atoms. The summed E-state index contributed by atoms with van der Waals surface area (Å²) < 4.78 is 0. The van der Waals surface area contributed by atoms with Gasteiger partial charge in [-0.05, 0) is 124 Å². The van der Waals surface area contributed by atoms with E-state index in [-0.39, 0.29) is 20.1 Å². The van der Waals surface area contributed by atoms with E-state index < -0.39 is 0 Å². The van der Waals surface area contributed by atoms with E-state index in [1.165, 1.54) is 5.56 Å². The molecule has 85 heavy (non-hydrogen) atoms. The minimum absolute atomic E-state index is 0. The van der Waals surface area contributed by atoms with Gasteiger partial charge >= 0.3 is 20.1 Å². The number of rotatable bonds is 13. The van der Waals surface area contributed by atoms with Crippen LogP contribution in [0.1, 0.15) is 0 Å². The first-order valence-electron chi connectivity index (χ1n) is 28.3. The molecule has 0 aliphatic rings. The van der Waals surface area contributed by atoms with Gasteiger partial charge in [-0.25, -0.2) is 0 Å². The topological polar surface area (TPSA) is 38.7 Å². The number of nitrogens with zero attached hydrogens (tertiary/aromatic N) is 3. The molecule has 0 amide bonds. The van der Waals surface area contributed by atoms with E-state index in [0.29, 0.717) is 0 Å². The van der Waals surface area contributed by atoms with Gasteiger partial charge in [-0.15, -0.1) is 95.6 Å². The molecule has 11 aromatic carbocycles. The minimum Gasteiger partial charge on any atom is -0.304 e. The summed E-state index contributed by atoms with van der Waals surface area (Å²) in [6.07, 6.45) is 6.03. The molecule has 0 aliphatic carbocycles. The molecule has 14 rings (SSSR count). The molecule has 0 saturated carbocycles. The molecule has 3 heterocycles. The smallest absolute Gasteiger partial charge is 0.304 e. The molecule has 0 bridgehead atoms. The van der Waals surface area contributed by atoms with Crippen molar-refractivity contribution in [2.24, 2.45) is 0 Å². The van der Waals surface area contributed by atoms with Crippen LogP contribution in [0, 0.1) is 18.2 Å². The van der Waals surface area contributed by atoms with E-state index in [1.54, 1.807) is 0 Å². The Morgan fingerprint density at radius 3 is 1.04 bits per heavy atom. The Morgan fingerprint density at radius 2 is 0.565 bits per heavy atom. The quantitative estimate of drug-likeness (QED) is 0.108. The molecule has 0 atom stereocenters. The Hall–Kier alpha value is -10.5. The summed E-state index contributed by atoms with van der Waals surface area (Å²) in [5.74, 6) is 0. The van der Waals surface area contributed by atoms with E-state index in [2.05, 4.69) is 273 Å². The zero-order valence-corrected chi connectivity index (χ0v) is 48.6. The molecule has 14 aromatic rings. The van der Waals surface area contributed by atoms with Crippen LogP contribution in [0.4, 0.5) is 0 Å². The molecule has 3 nitrogen and oxygen atoms in total. The van der Waals surface area contributed by atoms with Gasteiger partial charge in [0.05, 0.1) is 0 Å². The van der Waals surface area contributed by atoms with E-state index in [0.717, 1.165) is 139 Å². The van der Waals surface area contributed by atoms with Crippen LogP contribution in [0.3, 0.4) is 0 Å². The number of pyridine rings is 3. The van der Waals surface area contributed by atoms with Crippen molar-refractivity contribution in [2.45, 2.75) is 0 Å². The molecule has 0 aliphatic heterocycles. The minimum atomic E-state index is 0. The van der Waals surface area contributed by atoms with Crippen LogP contribution in [0.15, 0.2) is 316 Å². The number of hydrogen-bond acceptors (Lipinski definition) is 3. The van der Waals surface area contributed by atoms with Gasteiger partial charge < -0.3 is 15.0 Å². The zero-order chi connectivity index (χ0) is 56.0. The van der Waals surface area contributed by atoms with Crippen molar-refractivity contribution in [3.05, 3.63) is 334 Å². The SMILES string of the molecule is [Ir+3].[c-]1ccccc1-c1ccc(-c2ccccc2-c2cc(-c3ccccc3-c3ccc(-c4[c-]cccc4)nc3)cc(-c3ccccc3-c3cnc(-c4[c-]cc(-c5ccccc5)c(-c5ccccc5)c4)cc3-c3ccc(-c4ccccc4)cc3)c2)cn1. The first-order chi connectivity index (χ1) is 41.6. The molecule has 400 valence electrons. The van der Waals surface area contributed by atoms with E-state index in [9.17, 15) is 0 Å². The third-order valence-corrected chi connectivity index (χ3v) is 15.7. The molecular formula is C81H52IrN3. The average Bonchev–Trinajstić information content (AvgIpc) is 2.70. The summed E-state index contributed by atoms with van der Waals surface area (Å²) in [5, 5.41) is 0. The predicted octanol–water partition coefficient (Wildman–Crippen LogP) is 20.9. The van der Waals surface area contributed by atoms with Crippen LogP contribution in [0.2, 0.25) is 0 Å². The van der Waals surface area contributed by atoms with Crippen molar-refractivity contribution in [3.63, 3.8) is 0 Å². The normalized spacial score (nSPS) is 11.0. The summed E-state index contributed by atoms with van der Waals surface area (Å²) in [5.41, 5.74) is 27.2. The summed E-state index contributed by atoms with van der Waals surface area (Å²) in [6.45, 7) is 0. The van der Waals surface area contributed by atoms with Gasteiger partial charge in [-0.1, -0.05) is 235 Å². The largest absolute Gasteiger partial charge is 3.00 e. The molecule has 0 unspecified atom stereocenters. The monoisotopic (exact) mass is 1260 g/mol. The van der Waals surface area contributed by atoms with Crippen molar-refractivity contribution in [1.82, 2.24) is 15.0 Å². The standard InChI is InChI=1S/C81H52N3.Ir/c1-6-22-56(23-7-1)57-38-40-60(41-39-57)77-52-81(63-42-45-74(58-24-8-2-9-25-58)76(51-63)59-26-10-3-11-27-59)84-55-78(77)75-37-21-20-36-73(75)68-49-66(71-34-18-16-32-69(71)64-43-46-79(82-53-64)61-28-12-4-13-29-61)48-67(50-68)72-35-19-17-33-70(72)65-44-47-80(83-54-65)62-30-14-5-15-31-62;/h1-28,30,32-41,43-55H;/q-3;+3. The van der Waals surface area contributed by atoms with Crippen LogP contribution in [0.25, 0.3) is 145 Å². The molecule has 0 radical (unpaired) electrons. The van der Waals surface area contributed by atoms with Gasteiger partial charge in [0.1, 0.15) is 0 Å². The second-order valence-corrected chi connectivity index (χ2v) is 20.8. The number of benzene rings is 11. The Kier molecular flexibility index (Phi) is 15.5. The maximum atomic E-state index is 5.37. The zero-order valence-electron chi connectivity index (χ0n) is 46.2. The fourth-order valence-electron chi connectivity index (χ4n) is 11.4. The van der Waals surface area contributed by atoms with Crippen LogP contribution in [-0.4, -0.2) is 15.0 Å². The Bertz CT molecular complexity index is 4440.